The Kier molecular flexibility index (Phi) is 8.87. The molecule has 4 aromatic heterocycles. The van der Waals surface area contributed by atoms with E-state index in [0.717, 1.165) is 48.4 Å². The zero-order chi connectivity index (χ0) is 33.7. The standard InChI is InChI=1S/C27H27N2OS.C13H12N.Ir/c1-26(2,3)15-16-12-13-28-20(14-16)19-9-7-8-17-18-10-11-21-22(24(18)30-23(17)19)29-25(31-21)27(4,5)6;1-10-3-6-12(7-4-10)13-8-5-11(2)9-14-13;/h7-8,10-14H,15H2,1-6H3;3-6,8-9H,1-2H3;/q2*-1;/i15D2;;. The number of hydrogen-bond donors (Lipinski definition) is 0. The number of thiazole rings is 1. The molecule has 0 spiro atoms. The molecule has 1 radical (unpaired) electrons. The first-order valence-electron chi connectivity index (χ1n) is 16.2. The number of fused-ring (bicyclic) bond motifs is 5. The second-order valence-corrected chi connectivity index (χ2v) is 14.6. The average Bonchev–Trinajstić information content (AvgIpc) is 3.64. The molecule has 4 heterocycles. The first kappa shape index (κ1) is 30.9. The molecule has 0 unspecified atom stereocenters. The molecule has 0 amide bonds. The zero-order valence-electron chi connectivity index (χ0n) is 29.5. The fourth-order valence-corrected chi connectivity index (χ4v) is 6.09. The van der Waals surface area contributed by atoms with Crippen molar-refractivity contribution in [2.45, 2.75) is 67.2 Å². The molecule has 237 valence electrons. The van der Waals surface area contributed by atoms with E-state index in [1.54, 1.807) is 23.6 Å². The van der Waals surface area contributed by atoms with Crippen LogP contribution >= 0.6 is 11.3 Å². The van der Waals surface area contributed by atoms with Gasteiger partial charge in [-0.3, -0.25) is 0 Å². The molecule has 6 heteroatoms. The minimum Gasteiger partial charge on any atom is -0.498 e. The van der Waals surface area contributed by atoms with Crippen LogP contribution in [-0.4, -0.2) is 15.0 Å². The number of aryl methyl sites for hydroxylation is 2. The molecule has 0 aliphatic rings. The normalized spacial score (nSPS) is 12.8. The van der Waals surface area contributed by atoms with Gasteiger partial charge in [0.15, 0.2) is 0 Å². The fourth-order valence-electron chi connectivity index (χ4n) is 5.07. The predicted octanol–water partition coefficient (Wildman–Crippen LogP) is 11.1. The van der Waals surface area contributed by atoms with Crippen molar-refractivity contribution in [1.82, 2.24) is 15.0 Å². The van der Waals surface area contributed by atoms with Crippen molar-refractivity contribution in [1.29, 1.82) is 0 Å². The smallest absolute Gasteiger partial charge is 0.148 e. The predicted molar refractivity (Wildman–Crippen MR) is 189 cm³/mol. The van der Waals surface area contributed by atoms with Gasteiger partial charge in [0, 0.05) is 46.0 Å². The molecule has 0 fully saturated rings. The Morgan fingerprint density at radius 3 is 2.26 bits per heavy atom. The van der Waals surface area contributed by atoms with Crippen molar-refractivity contribution >= 4 is 43.5 Å². The third-order valence-electron chi connectivity index (χ3n) is 7.29. The number of hydrogen-bond acceptors (Lipinski definition) is 5. The molecular weight excluding hydrogens is 763 g/mol. The van der Waals surface area contributed by atoms with Gasteiger partial charge >= 0.3 is 0 Å². The SMILES string of the molecule is Cc1c[c-]c(-c2ccc(C)cn2)cc1.[2H]C([2H])(c1ccnc(-c2[c-]ccc3c2oc2c3ccc3sc(C(C)(C)C)nc32)c1)C(C)(C)C.[Ir]. The van der Waals surface area contributed by atoms with E-state index in [1.165, 1.54) is 11.1 Å². The van der Waals surface area contributed by atoms with Gasteiger partial charge in [-0.15, -0.1) is 64.9 Å². The molecule has 7 rings (SSSR count). The van der Waals surface area contributed by atoms with E-state index in [2.05, 4.69) is 74.1 Å². The number of aromatic nitrogens is 3. The van der Waals surface area contributed by atoms with Crippen LogP contribution in [0.4, 0.5) is 0 Å². The zero-order valence-corrected chi connectivity index (χ0v) is 30.7. The molecular formula is C40H39IrN3OS-2. The monoisotopic (exact) mass is 804 g/mol. The largest absolute Gasteiger partial charge is 0.498 e. The molecule has 0 saturated carbocycles. The van der Waals surface area contributed by atoms with Crippen molar-refractivity contribution in [3.05, 3.63) is 113 Å². The molecule has 3 aromatic carbocycles. The van der Waals surface area contributed by atoms with Crippen molar-refractivity contribution in [2.24, 2.45) is 5.41 Å². The Bertz CT molecular complexity index is 2160. The summed E-state index contributed by atoms with van der Waals surface area (Å²) in [5.74, 6) is 0. The second-order valence-electron chi connectivity index (χ2n) is 13.6. The molecule has 0 N–H and O–H groups in total. The topological polar surface area (TPSA) is 51.8 Å². The molecule has 46 heavy (non-hydrogen) atoms. The Hall–Kier alpha value is -3.70. The molecule has 0 saturated heterocycles. The Labute approximate surface area is 292 Å². The number of furan rings is 1. The van der Waals surface area contributed by atoms with Crippen LogP contribution < -0.4 is 0 Å². The van der Waals surface area contributed by atoms with E-state index < -0.39 is 11.8 Å². The fraction of sp³-hybridized carbons (Fsp3) is 0.275. The van der Waals surface area contributed by atoms with E-state index in [4.69, 9.17) is 12.1 Å². The van der Waals surface area contributed by atoms with Crippen LogP contribution in [0.2, 0.25) is 0 Å². The van der Waals surface area contributed by atoms with Gasteiger partial charge in [0.1, 0.15) is 11.1 Å². The summed E-state index contributed by atoms with van der Waals surface area (Å²) in [5, 5.41) is 3.08. The van der Waals surface area contributed by atoms with E-state index in [0.29, 0.717) is 16.8 Å². The molecule has 4 nitrogen and oxygen atoms in total. The van der Waals surface area contributed by atoms with Gasteiger partial charge in [0.2, 0.25) is 0 Å². The van der Waals surface area contributed by atoms with Gasteiger partial charge < -0.3 is 14.4 Å². The van der Waals surface area contributed by atoms with Gasteiger partial charge in [-0.2, -0.15) is 0 Å². The van der Waals surface area contributed by atoms with E-state index in [9.17, 15) is 0 Å². The van der Waals surface area contributed by atoms with Crippen molar-refractivity contribution < 1.29 is 27.3 Å². The third kappa shape index (κ3) is 7.31. The summed E-state index contributed by atoms with van der Waals surface area (Å²) in [6.07, 6.45) is 2.03. The Morgan fingerprint density at radius 2 is 1.59 bits per heavy atom. The van der Waals surface area contributed by atoms with Gasteiger partial charge in [-0.1, -0.05) is 89.2 Å². The minimum atomic E-state index is -1.51. The Balaban J connectivity index is 0.000000252. The number of nitrogens with zero attached hydrogens (tertiary/aromatic N) is 3. The summed E-state index contributed by atoms with van der Waals surface area (Å²) in [5.41, 5.74) is 8.19. The second kappa shape index (κ2) is 13.2. The van der Waals surface area contributed by atoms with Gasteiger partial charge in [-0.05, 0) is 47.8 Å². The van der Waals surface area contributed by atoms with Crippen LogP contribution in [0, 0.1) is 31.4 Å². The summed E-state index contributed by atoms with van der Waals surface area (Å²) >= 11 is 1.70. The maximum Gasteiger partial charge on any atom is 0.148 e. The van der Waals surface area contributed by atoms with Crippen LogP contribution in [0.1, 0.15) is 66.0 Å². The maximum absolute atomic E-state index is 8.67. The minimum absolute atomic E-state index is 0. The molecule has 0 aliphatic heterocycles. The van der Waals surface area contributed by atoms with Crippen LogP contribution in [0.25, 0.3) is 54.7 Å². The van der Waals surface area contributed by atoms with Gasteiger partial charge in [-0.25, -0.2) is 4.98 Å². The van der Waals surface area contributed by atoms with Crippen LogP contribution in [0.15, 0.2) is 83.5 Å². The average molecular weight is 804 g/mol. The number of rotatable bonds is 3. The van der Waals surface area contributed by atoms with E-state index in [1.807, 2.05) is 70.3 Å². The van der Waals surface area contributed by atoms with Crippen LogP contribution in [0.5, 0.6) is 0 Å². The van der Waals surface area contributed by atoms with Crippen LogP contribution in [-0.2, 0) is 31.9 Å². The van der Waals surface area contributed by atoms with Gasteiger partial charge in [0.05, 0.1) is 15.3 Å². The number of benzene rings is 3. The quantitative estimate of drug-likeness (QED) is 0.167. The maximum atomic E-state index is 8.67. The van der Waals surface area contributed by atoms with Crippen LogP contribution in [0.3, 0.4) is 0 Å². The molecule has 0 bridgehead atoms. The first-order chi connectivity index (χ1) is 22.1. The van der Waals surface area contributed by atoms with E-state index >= 15 is 0 Å². The molecule has 0 aliphatic carbocycles. The van der Waals surface area contributed by atoms with Crippen molar-refractivity contribution in [2.75, 3.05) is 0 Å². The third-order valence-corrected chi connectivity index (χ3v) is 8.74. The summed E-state index contributed by atoms with van der Waals surface area (Å²) in [6, 6.07) is 28.4. The van der Waals surface area contributed by atoms with E-state index in [-0.39, 0.29) is 25.5 Å². The summed E-state index contributed by atoms with van der Waals surface area (Å²) in [4.78, 5) is 13.8. The van der Waals surface area contributed by atoms with Crippen molar-refractivity contribution in [3.63, 3.8) is 0 Å². The number of pyridine rings is 2. The van der Waals surface area contributed by atoms with Gasteiger partial charge in [0.25, 0.3) is 0 Å². The summed E-state index contributed by atoms with van der Waals surface area (Å²) in [6.45, 7) is 16.3. The first-order valence-corrected chi connectivity index (χ1v) is 16.0. The van der Waals surface area contributed by atoms with Crippen molar-refractivity contribution in [3.8, 4) is 22.5 Å². The summed E-state index contributed by atoms with van der Waals surface area (Å²) in [7, 11) is 0. The molecule has 0 atom stereocenters. The summed E-state index contributed by atoms with van der Waals surface area (Å²) < 4.78 is 24.9. The molecule has 7 aromatic rings. The Morgan fingerprint density at radius 1 is 0.826 bits per heavy atom.